The van der Waals surface area contributed by atoms with Crippen molar-refractivity contribution in [3.05, 3.63) is 28.2 Å². The molecule has 1 aromatic rings. The van der Waals surface area contributed by atoms with Crippen LogP contribution in [0.1, 0.15) is 25.7 Å². The minimum atomic E-state index is 0.719. The Morgan fingerprint density at radius 2 is 1.78 bits per heavy atom. The van der Waals surface area contributed by atoms with Gasteiger partial charge in [-0.05, 0) is 44.1 Å². The second-order valence-electron chi connectivity index (χ2n) is 4.81. The lowest BCUT2D eigenvalue weighted by molar-refractivity contribution is 0.296. The second-order valence-corrected chi connectivity index (χ2v) is 5.65. The molecule has 0 spiro atoms. The number of hydrogen-bond donors (Lipinski definition) is 1. The van der Waals surface area contributed by atoms with Gasteiger partial charge in [-0.25, -0.2) is 0 Å². The topological polar surface area (TPSA) is 15.3 Å². The van der Waals surface area contributed by atoms with Crippen LogP contribution >= 0.6 is 23.2 Å². The Labute approximate surface area is 119 Å². The van der Waals surface area contributed by atoms with Crippen LogP contribution in [0.15, 0.2) is 18.2 Å². The molecule has 0 unspecified atom stereocenters. The molecule has 0 amide bonds. The molecule has 1 N–H and O–H groups in total. The first-order valence-corrected chi connectivity index (χ1v) is 7.42. The molecule has 18 heavy (non-hydrogen) atoms. The third kappa shape index (κ3) is 4.34. The van der Waals surface area contributed by atoms with Crippen LogP contribution in [0.25, 0.3) is 0 Å². The van der Waals surface area contributed by atoms with E-state index < -0.39 is 0 Å². The second kappa shape index (κ2) is 7.22. The number of halogens is 2. The molecule has 100 valence electrons. The van der Waals surface area contributed by atoms with E-state index >= 15 is 0 Å². The van der Waals surface area contributed by atoms with Gasteiger partial charge in [0.05, 0.1) is 10.7 Å². The quantitative estimate of drug-likeness (QED) is 0.889. The highest BCUT2D eigenvalue weighted by Gasteiger charge is 2.08. The van der Waals surface area contributed by atoms with E-state index in [1.807, 2.05) is 18.2 Å². The molecule has 0 bridgehead atoms. The van der Waals surface area contributed by atoms with Crippen molar-refractivity contribution in [2.24, 2.45) is 0 Å². The van der Waals surface area contributed by atoms with E-state index in [0.29, 0.717) is 0 Å². The molecule has 0 radical (unpaired) electrons. The van der Waals surface area contributed by atoms with Gasteiger partial charge in [0, 0.05) is 18.1 Å². The average molecular weight is 287 g/mol. The van der Waals surface area contributed by atoms with Crippen molar-refractivity contribution in [3.8, 4) is 0 Å². The minimum Gasteiger partial charge on any atom is -0.383 e. The number of hydrogen-bond acceptors (Lipinski definition) is 2. The lowest BCUT2D eigenvalue weighted by Crippen LogP contribution is -2.30. The zero-order valence-electron chi connectivity index (χ0n) is 10.6. The largest absolute Gasteiger partial charge is 0.383 e. The fourth-order valence-corrected chi connectivity index (χ4v) is 2.70. The normalized spacial score (nSPS) is 17.4. The highest BCUT2D eigenvalue weighted by atomic mass is 35.5. The zero-order valence-corrected chi connectivity index (χ0v) is 12.1. The Hall–Kier alpha value is -0.440. The van der Waals surface area contributed by atoms with E-state index in [1.165, 1.54) is 38.8 Å². The molecule has 0 aliphatic carbocycles. The molecule has 0 atom stereocenters. The van der Waals surface area contributed by atoms with Crippen LogP contribution in [0, 0.1) is 0 Å². The first-order chi connectivity index (χ1) is 8.75. The van der Waals surface area contributed by atoms with Gasteiger partial charge in [0.2, 0.25) is 0 Å². The van der Waals surface area contributed by atoms with Gasteiger partial charge in [0.15, 0.2) is 0 Å². The van der Waals surface area contributed by atoms with Gasteiger partial charge >= 0.3 is 0 Å². The van der Waals surface area contributed by atoms with Gasteiger partial charge in [-0.3, -0.25) is 0 Å². The number of benzene rings is 1. The first-order valence-electron chi connectivity index (χ1n) is 6.67. The van der Waals surface area contributed by atoms with Gasteiger partial charge in [0.1, 0.15) is 0 Å². The summed E-state index contributed by atoms with van der Waals surface area (Å²) in [5.41, 5.74) is 0.930. The Morgan fingerprint density at radius 1 is 1.06 bits per heavy atom. The summed E-state index contributed by atoms with van der Waals surface area (Å²) in [6.45, 7) is 4.44. The van der Waals surface area contributed by atoms with Crippen LogP contribution in [0.5, 0.6) is 0 Å². The van der Waals surface area contributed by atoms with Crippen molar-refractivity contribution in [1.82, 2.24) is 4.90 Å². The van der Waals surface area contributed by atoms with Crippen molar-refractivity contribution < 1.29 is 0 Å². The monoisotopic (exact) mass is 286 g/mol. The molecule has 1 fully saturated rings. The number of rotatable bonds is 4. The first kappa shape index (κ1) is 14.0. The third-order valence-corrected chi connectivity index (χ3v) is 3.94. The van der Waals surface area contributed by atoms with Crippen LogP contribution in [0.3, 0.4) is 0 Å². The molecule has 0 aromatic heterocycles. The molecule has 2 rings (SSSR count). The summed E-state index contributed by atoms with van der Waals surface area (Å²) in [5.74, 6) is 0. The molecule has 1 heterocycles. The maximum atomic E-state index is 6.11. The number of anilines is 1. The number of likely N-dealkylation sites (tertiary alicyclic amines) is 1. The summed E-state index contributed by atoms with van der Waals surface area (Å²) < 4.78 is 0. The van der Waals surface area contributed by atoms with Crippen LogP contribution in [-0.2, 0) is 0 Å². The Morgan fingerprint density at radius 3 is 2.50 bits per heavy atom. The lowest BCUT2D eigenvalue weighted by atomic mass is 10.2. The van der Waals surface area contributed by atoms with Crippen LogP contribution in [-0.4, -0.2) is 31.1 Å². The molecule has 1 aromatic carbocycles. The van der Waals surface area contributed by atoms with Crippen molar-refractivity contribution in [3.63, 3.8) is 0 Å². The molecule has 1 saturated heterocycles. The van der Waals surface area contributed by atoms with Gasteiger partial charge in [-0.1, -0.05) is 36.0 Å². The van der Waals surface area contributed by atoms with Gasteiger partial charge in [-0.2, -0.15) is 0 Å². The summed E-state index contributed by atoms with van der Waals surface area (Å²) in [6, 6.07) is 5.52. The fraction of sp³-hybridized carbons (Fsp3) is 0.571. The number of nitrogens with one attached hydrogen (secondary N) is 1. The summed E-state index contributed by atoms with van der Waals surface area (Å²) in [6.07, 6.45) is 5.42. The van der Waals surface area contributed by atoms with E-state index in [4.69, 9.17) is 23.2 Å². The molecule has 2 nitrogen and oxygen atoms in total. The zero-order chi connectivity index (χ0) is 12.8. The highest BCUT2D eigenvalue weighted by molar-refractivity contribution is 6.35. The maximum Gasteiger partial charge on any atom is 0.0638 e. The van der Waals surface area contributed by atoms with Crippen LogP contribution < -0.4 is 5.32 Å². The Bertz CT molecular complexity index is 374. The average Bonchev–Trinajstić information content (AvgIpc) is 2.62. The molecule has 4 heteroatoms. The summed E-state index contributed by atoms with van der Waals surface area (Å²) in [5, 5.41) is 4.81. The standard InChI is InChI=1S/C14H20Cl2N2/c15-12-5-6-13(16)14(11-12)17-7-10-18-8-3-1-2-4-9-18/h5-6,11,17H,1-4,7-10H2. The molecule has 1 aliphatic heterocycles. The molecular formula is C14H20Cl2N2. The van der Waals surface area contributed by atoms with Crippen LogP contribution in [0.4, 0.5) is 5.69 Å². The van der Waals surface area contributed by atoms with Crippen molar-refractivity contribution in [2.75, 3.05) is 31.5 Å². The van der Waals surface area contributed by atoms with E-state index in [2.05, 4.69) is 10.2 Å². The van der Waals surface area contributed by atoms with Crippen molar-refractivity contribution in [2.45, 2.75) is 25.7 Å². The predicted octanol–water partition coefficient (Wildman–Crippen LogP) is 4.28. The van der Waals surface area contributed by atoms with E-state index in [-0.39, 0.29) is 0 Å². The molecule has 1 aliphatic rings. The maximum absolute atomic E-state index is 6.11. The van der Waals surface area contributed by atoms with E-state index in [9.17, 15) is 0 Å². The number of nitrogens with zero attached hydrogens (tertiary/aromatic N) is 1. The SMILES string of the molecule is Clc1ccc(Cl)c(NCCN2CCCCCC2)c1. The van der Waals surface area contributed by atoms with Crippen molar-refractivity contribution in [1.29, 1.82) is 0 Å². The van der Waals surface area contributed by atoms with Crippen molar-refractivity contribution >= 4 is 28.9 Å². The summed E-state index contributed by atoms with van der Waals surface area (Å²) in [4.78, 5) is 2.53. The summed E-state index contributed by atoms with van der Waals surface area (Å²) >= 11 is 12.1. The fourth-order valence-electron chi connectivity index (χ4n) is 2.34. The Kier molecular flexibility index (Phi) is 5.61. The predicted molar refractivity (Wildman–Crippen MR) is 79.9 cm³/mol. The van der Waals surface area contributed by atoms with E-state index in [0.717, 1.165) is 28.8 Å². The molecular weight excluding hydrogens is 267 g/mol. The van der Waals surface area contributed by atoms with Gasteiger partial charge < -0.3 is 10.2 Å². The van der Waals surface area contributed by atoms with E-state index in [1.54, 1.807) is 0 Å². The molecule has 0 saturated carbocycles. The highest BCUT2D eigenvalue weighted by Crippen LogP contribution is 2.25. The smallest absolute Gasteiger partial charge is 0.0638 e. The van der Waals surface area contributed by atoms with Gasteiger partial charge in [0.25, 0.3) is 0 Å². The Balaban J connectivity index is 1.78. The lowest BCUT2D eigenvalue weighted by Gasteiger charge is -2.20. The minimum absolute atomic E-state index is 0.719. The third-order valence-electron chi connectivity index (χ3n) is 3.37. The summed E-state index contributed by atoms with van der Waals surface area (Å²) in [7, 11) is 0. The van der Waals surface area contributed by atoms with Crippen LogP contribution in [0.2, 0.25) is 10.0 Å². The van der Waals surface area contributed by atoms with Gasteiger partial charge in [-0.15, -0.1) is 0 Å².